The highest BCUT2D eigenvalue weighted by Crippen LogP contribution is 2.65. The molecule has 1 aromatic heterocycles. The Balaban J connectivity index is 1.41. The summed E-state index contributed by atoms with van der Waals surface area (Å²) in [4.78, 5) is 15.7. The lowest BCUT2D eigenvalue weighted by Crippen LogP contribution is -2.50. The smallest absolute Gasteiger partial charge is 0.302 e. The first-order valence-electron chi connectivity index (χ1n) is 11.1. The summed E-state index contributed by atoms with van der Waals surface area (Å²) in [5, 5.41) is 0.564. The van der Waals surface area contributed by atoms with Crippen molar-refractivity contribution < 1.29 is 9.53 Å². The van der Waals surface area contributed by atoms with Crippen LogP contribution in [-0.2, 0) is 9.53 Å². The van der Waals surface area contributed by atoms with Crippen LogP contribution >= 0.6 is 11.6 Å². The largest absolute Gasteiger partial charge is 0.462 e. The van der Waals surface area contributed by atoms with E-state index in [0.717, 1.165) is 43.9 Å². The van der Waals surface area contributed by atoms with Crippen molar-refractivity contribution in [2.75, 3.05) is 0 Å². The van der Waals surface area contributed by atoms with E-state index in [1.54, 1.807) is 5.57 Å². The van der Waals surface area contributed by atoms with Gasteiger partial charge in [-0.05, 0) is 61.7 Å². The Morgan fingerprint density at radius 1 is 1.17 bits per heavy atom. The highest BCUT2D eigenvalue weighted by atomic mass is 35.5. The van der Waals surface area contributed by atoms with Crippen LogP contribution in [0.2, 0.25) is 5.15 Å². The van der Waals surface area contributed by atoms with E-state index in [9.17, 15) is 4.79 Å². The number of rotatable bonds is 2. The minimum absolute atomic E-state index is 0.0722. The Labute approximate surface area is 178 Å². The fraction of sp³-hybridized carbons (Fsp3) is 0.667. The van der Waals surface area contributed by atoms with Crippen molar-refractivity contribution in [2.45, 2.75) is 71.8 Å². The van der Waals surface area contributed by atoms with Crippen molar-refractivity contribution in [3.8, 4) is 0 Å². The Morgan fingerprint density at radius 2 is 1.97 bits per heavy atom. The maximum Gasteiger partial charge on any atom is 0.302 e. The zero-order valence-corrected chi connectivity index (χ0v) is 18.4. The number of aromatic nitrogens is 2. The molecule has 156 valence electrons. The van der Waals surface area contributed by atoms with Crippen LogP contribution < -0.4 is 0 Å². The molecule has 2 saturated carbocycles. The molecule has 0 saturated heterocycles. The summed E-state index contributed by atoms with van der Waals surface area (Å²) < 4.78 is 7.72. The van der Waals surface area contributed by atoms with Crippen LogP contribution in [0, 0.1) is 28.6 Å². The number of fused-ring (bicyclic) bond motifs is 5. The number of nitrogens with zero attached hydrogens (tertiary/aromatic N) is 2. The lowest BCUT2D eigenvalue weighted by molar-refractivity contribution is -0.148. The van der Waals surface area contributed by atoms with Gasteiger partial charge in [-0.15, -0.1) is 0 Å². The predicted octanol–water partition coefficient (Wildman–Crippen LogP) is 5.88. The summed E-state index contributed by atoms with van der Waals surface area (Å²) in [6.07, 6.45) is 16.7. The first-order chi connectivity index (χ1) is 13.8. The third-order valence-corrected chi connectivity index (χ3v) is 8.96. The number of hydrogen-bond acceptors (Lipinski definition) is 3. The highest BCUT2D eigenvalue weighted by molar-refractivity contribution is 6.29. The molecule has 29 heavy (non-hydrogen) atoms. The van der Waals surface area contributed by atoms with Crippen LogP contribution in [0.3, 0.4) is 0 Å². The second kappa shape index (κ2) is 6.73. The van der Waals surface area contributed by atoms with Crippen molar-refractivity contribution in [1.82, 2.24) is 9.55 Å². The van der Waals surface area contributed by atoms with Crippen LogP contribution in [0.1, 0.15) is 65.7 Å². The average Bonchev–Trinajstić information content (AvgIpc) is 3.24. The molecule has 1 heterocycles. The lowest BCUT2D eigenvalue weighted by atomic mass is 9.48. The van der Waals surface area contributed by atoms with Gasteiger partial charge in [-0.1, -0.05) is 43.2 Å². The number of imidazole rings is 1. The molecule has 3 unspecified atom stereocenters. The zero-order chi connectivity index (χ0) is 20.4. The van der Waals surface area contributed by atoms with E-state index in [4.69, 9.17) is 16.3 Å². The molecule has 0 spiro atoms. The van der Waals surface area contributed by atoms with E-state index < -0.39 is 0 Å². The Bertz CT molecular complexity index is 902. The minimum Gasteiger partial charge on any atom is -0.462 e. The summed E-state index contributed by atoms with van der Waals surface area (Å²) in [5.74, 6) is 1.99. The normalized spacial score (nSPS) is 41.0. The standard InChI is InChI=1S/C24H31ClN2O2/c1-15(28)29-17-8-10-23(2)16(12-17)4-5-18-19-6-7-21(27-13-22(25)26-14-27)24(19,3)11-9-20(18)23/h4,7,13-14,17-20H,5-6,8-12H2,1-3H3/t17-,18?,19?,20?,23-,24-/m0/s1. The van der Waals surface area contributed by atoms with Gasteiger partial charge in [0.15, 0.2) is 0 Å². The van der Waals surface area contributed by atoms with Crippen LogP contribution in [0.15, 0.2) is 30.2 Å². The molecule has 0 N–H and O–H groups in total. The molecular weight excluding hydrogens is 384 g/mol. The molecule has 0 amide bonds. The summed E-state index contributed by atoms with van der Waals surface area (Å²) in [6, 6.07) is 0. The number of carbonyl (C=O) groups excluding carboxylic acids is 1. The number of allylic oxidation sites excluding steroid dienone is 3. The van der Waals surface area contributed by atoms with Crippen molar-refractivity contribution in [3.63, 3.8) is 0 Å². The quantitative estimate of drug-likeness (QED) is 0.448. The van der Waals surface area contributed by atoms with Crippen molar-refractivity contribution in [2.24, 2.45) is 28.6 Å². The fourth-order valence-corrected chi connectivity index (χ4v) is 7.49. The van der Waals surface area contributed by atoms with Gasteiger partial charge in [0.25, 0.3) is 0 Å². The van der Waals surface area contributed by atoms with Crippen LogP contribution in [0.25, 0.3) is 5.70 Å². The van der Waals surface area contributed by atoms with Gasteiger partial charge >= 0.3 is 5.97 Å². The molecule has 0 radical (unpaired) electrons. The van der Waals surface area contributed by atoms with Gasteiger partial charge in [-0.2, -0.15) is 0 Å². The van der Waals surface area contributed by atoms with Crippen molar-refractivity contribution >= 4 is 23.3 Å². The first-order valence-corrected chi connectivity index (χ1v) is 11.5. The van der Waals surface area contributed by atoms with E-state index in [-0.39, 0.29) is 22.9 Å². The Morgan fingerprint density at radius 3 is 2.69 bits per heavy atom. The third kappa shape index (κ3) is 2.93. The number of halogens is 1. The molecule has 2 fully saturated rings. The van der Waals surface area contributed by atoms with E-state index in [0.29, 0.717) is 11.1 Å². The molecule has 1 aromatic rings. The average molecular weight is 415 g/mol. The number of carbonyl (C=O) groups is 1. The zero-order valence-electron chi connectivity index (χ0n) is 17.7. The molecule has 0 aromatic carbocycles. The first kappa shape index (κ1) is 19.4. The van der Waals surface area contributed by atoms with E-state index in [1.165, 1.54) is 25.5 Å². The summed E-state index contributed by atoms with van der Waals surface area (Å²) in [5.41, 5.74) is 3.40. The van der Waals surface area contributed by atoms with Gasteiger partial charge in [-0.25, -0.2) is 4.98 Å². The summed E-state index contributed by atoms with van der Waals surface area (Å²) in [6.45, 7) is 6.47. The molecule has 6 atom stereocenters. The third-order valence-electron chi connectivity index (χ3n) is 8.76. The molecule has 4 aliphatic rings. The van der Waals surface area contributed by atoms with E-state index >= 15 is 0 Å². The van der Waals surface area contributed by atoms with Gasteiger partial charge in [0, 0.05) is 30.7 Å². The number of hydrogen-bond donors (Lipinski definition) is 0. The van der Waals surface area contributed by atoms with Gasteiger partial charge in [0.2, 0.25) is 0 Å². The van der Waals surface area contributed by atoms with Crippen LogP contribution in [-0.4, -0.2) is 21.6 Å². The SMILES string of the molecule is CC(=O)O[C@H]1CC[C@@]2(C)C(=CCC3C2CC[C@]2(C)C(n4cnc(Cl)c4)=CCC32)C1. The second-order valence-electron chi connectivity index (χ2n) is 10.1. The Hall–Kier alpha value is -1.55. The maximum absolute atomic E-state index is 11.4. The minimum atomic E-state index is -0.148. The summed E-state index contributed by atoms with van der Waals surface area (Å²) in [7, 11) is 0. The molecule has 4 aliphatic carbocycles. The maximum atomic E-state index is 11.4. The monoisotopic (exact) mass is 414 g/mol. The molecule has 0 bridgehead atoms. The van der Waals surface area contributed by atoms with Gasteiger partial charge in [-0.3, -0.25) is 4.79 Å². The molecule has 5 heteroatoms. The number of esters is 1. The molecule has 0 aliphatic heterocycles. The van der Waals surface area contributed by atoms with Gasteiger partial charge in [0.05, 0.1) is 0 Å². The van der Waals surface area contributed by atoms with Gasteiger partial charge in [0.1, 0.15) is 17.6 Å². The van der Waals surface area contributed by atoms with Gasteiger partial charge < -0.3 is 9.30 Å². The predicted molar refractivity (Wildman–Crippen MR) is 114 cm³/mol. The fourth-order valence-electron chi connectivity index (χ4n) is 7.34. The van der Waals surface area contributed by atoms with Crippen LogP contribution in [0.4, 0.5) is 0 Å². The number of ether oxygens (including phenoxy) is 1. The van der Waals surface area contributed by atoms with E-state index in [2.05, 4.69) is 35.6 Å². The molecule has 4 nitrogen and oxygen atoms in total. The Kier molecular flexibility index (Phi) is 4.51. The van der Waals surface area contributed by atoms with E-state index in [1.807, 2.05) is 12.5 Å². The molecular formula is C24H31ClN2O2. The highest BCUT2D eigenvalue weighted by Gasteiger charge is 2.57. The molecule has 5 rings (SSSR count). The van der Waals surface area contributed by atoms with Crippen LogP contribution in [0.5, 0.6) is 0 Å². The lowest BCUT2D eigenvalue weighted by Gasteiger charge is -2.57. The topological polar surface area (TPSA) is 44.1 Å². The van der Waals surface area contributed by atoms with Crippen molar-refractivity contribution in [3.05, 3.63) is 35.4 Å². The van der Waals surface area contributed by atoms with Crippen molar-refractivity contribution in [1.29, 1.82) is 0 Å². The summed E-state index contributed by atoms with van der Waals surface area (Å²) >= 11 is 6.11. The second-order valence-corrected chi connectivity index (χ2v) is 10.5.